The number of benzene rings is 2. The number of nitro benzene ring substituents is 1. The topological polar surface area (TPSA) is 43.1 Å². The molecular formula is C18H19NO2. The lowest BCUT2D eigenvalue weighted by Crippen LogP contribution is -2.06. The summed E-state index contributed by atoms with van der Waals surface area (Å²) in [4.78, 5) is 11.2. The summed E-state index contributed by atoms with van der Waals surface area (Å²) in [5.41, 5.74) is 5.84. The van der Waals surface area contributed by atoms with E-state index in [0.29, 0.717) is 5.92 Å². The average molecular weight is 281 g/mol. The lowest BCUT2D eigenvalue weighted by atomic mass is 9.87. The van der Waals surface area contributed by atoms with Gasteiger partial charge < -0.3 is 0 Å². The molecule has 2 aromatic carbocycles. The number of fused-ring (bicyclic) bond motifs is 3. The maximum Gasteiger partial charge on any atom is 0.273 e. The minimum Gasteiger partial charge on any atom is -0.258 e. The molecule has 0 saturated heterocycles. The van der Waals surface area contributed by atoms with Crippen LogP contribution in [0.2, 0.25) is 0 Å². The highest BCUT2D eigenvalue weighted by Crippen LogP contribution is 2.42. The Morgan fingerprint density at radius 2 is 1.76 bits per heavy atom. The van der Waals surface area contributed by atoms with Gasteiger partial charge in [0.05, 0.1) is 4.92 Å². The zero-order chi connectivity index (χ0) is 15.1. The van der Waals surface area contributed by atoms with Crippen LogP contribution in [0.5, 0.6) is 0 Å². The van der Waals surface area contributed by atoms with Crippen LogP contribution >= 0.6 is 0 Å². The van der Waals surface area contributed by atoms with E-state index in [1.54, 1.807) is 6.07 Å². The molecule has 21 heavy (non-hydrogen) atoms. The molecule has 0 heterocycles. The standard InChI is InChI=1S/C18H19NO2/c1-11(2)12(3)16-10-17-14(9-18(16)19(20)21)8-13-6-4-5-7-15(13)17/h4-7,9-12H,8H2,1-3H3. The van der Waals surface area contributed by atoms with E-state index in [0.717, 1.165) is 17.5 Å². The summed E-state index contributed by atoms with van der Waals surface area (Å²) in [5.74, 6) is 0.543. The molecule has 0 amide bonds. The molecule has 1 unspecified atom stereocenters. The molecule has 0 spiro atoms. The molecular weight excluding hydrogens is 262 g/mol. The van der Waals surface area contributed by atoms with Crippen LogP contribution in [-0.2, 0) is 6.42 Å². The summed E-state index contributed by atoms with van der Waals surface area (Å²) in [6, 6.07) is 12.1. The van der Waals surface area contributed by atoms with Gasteiger partial charge in [0.25, 0.3) is 5.69 Å². The second kappa shape index (κ2) is 4.99. The molecule has 0 N–H and O–H groups in total. The van der Waals surface area contributed by atoms with Gasteiger partial charge in [-0.2, -0.15) is 0 Å². The third-order valence-electron chi connectivity index (χ3n) is 4.63. The number of hydrogen-bond acceptors (Lipinski definition) is 2. The van der Waals surface area contributed by atoms with E-state index in [4.69, 9.17) is 0 Å². The fourth-order valence-corrected chi connectivity index (χ4v) is 3.07. The predicted molar refractivity (Wildman–Crippen MR) is 84.6 cm³/mol. The summed E-state index contributed by atoms with van der Waals surface area (Å²) >= 11 is 0. The molecule has 3 rings (SSSR count). The van der Waals surface area contributed by atoms with Gasteiger partial charge in [-0.25, -0.2) is 0 Å². The Morgan fingerprint density at radius 1 is 1.05 bits per heavy atom. The lowest BCUT2D eigenvalue weighted by Gasteiger charge is -2.17. The van der Waals surface area contributed by atoms with Crippen molar-refractivity contribution in [2.45, 2.75) is 33.1 Å². The van der Waals surface area contributed by atoms with Crippen LogP contribution in [0.1, 0.15) is 43.4 Å². The van der Waals surface area contributed by atoms with Crippen molar-refractivity contribution >= 4 is 5.69 Å². The Hall–Kier alpha value is -2.16. The van der Waals surface area contributed by atoms with Crippen LogP contribution in [0.4, 0.5) is 5.69 Å². The van der Waals surface area contributed by atoms with Gasteiger partial charge in [-0.05, 0) is 46.6 Å². The monoisotopic (exact) mass is 281 g/mol. The van der Waals surface area contributed by atoms with E-state index in [9.17, 15) is 10.1 Å². The maximum atomic E-state index is 11.4. The van der Waals surface area contributed by atoms with E-state index in [1.807, 2.05) is 18.2 Å². The van der Waals surface area contributed by atoms with Gasteiger partial charge in [0.15, 0.2) is 0 Å². The first-order valence-electron chi connectivity index (χ1n) is 7.38. The first-order chi connectivity index (χ1) is 9.99. The Labute approximate surface area is 124 Å². The normalized spacial score (nSPS) is 13.9. The van der Waals surface area contributed by atoms with E-state index in [-0.39, 0.29) is 16.5 Å². The van der Waals surface area contributed by atoms with Gasteiger partial charge in [-0.15, -0.1) is 0 Å². The summed E-state index contributed by atoms with van der Waals surface area (Å²) in [5, 5.41) is 11.4. The van der Waals surface area contributed by atoms with E-state index < -0.39 is 0 Å². The van der Waals surface area contributed by atoms with E-state index in [1.165, 1.54) is 16.7 Å². The van der Waals surface area contributed by atoms with Crippen molar-refractivity contribution in [2.75, 3.05) is 0 Å². The van der Waals surface area contributed by atoms with Crippen LogP contribution < -0.4 is 0 Å². The predicted octanol–water partition coefficient (Wildman–Crippen LogP) is 4.93. The quantitative estimate of drug-likeness (QED) is 0.505. The SMILES string of the molecule is CC(C)C(C)c1cc2c(cc1[N+](=O)[O-])Cc1ccccc1-2. The summed E-state index contributed by atoms with van der Waals surface area (Å²) in [6.07, 6.45) is 0.794. The second-order valence-corrected chi connectivity index (χ2v) is 6.19. The molecule has 108 valence electrons. The number of hydrogen-bond donors (Lipinski definition) is 0. The van der Waals surface area contributed by atoms with Gasteiger partial charge in [0.1, 0.15) is 0 Å². The van der Waals surface area contributed by atoms with Gasteiger partial charge in [-0.3, -0.25) is 10.1 Å². The summed E-state index contributed by atoms with van der Waals surface area (Å²) in [7, 11) is 0. The van der Waals surface area contributed by atoms with E-state index in [2.05, 4.69) is 32.9 Å². The number of rotatable bonds is 3. The first kappa shape index (κ1) is 13.8. The Morgan fingerprint density at radius 3 is 2.43 bits per heavy atom. The fourth-order valence-electron chi connectivity index (χ4n) is 3.07. The van der Waals surface area contributed by atoms with Crippen molar-refractivity contribution in [3.05, 3.63) is 63.2 Å². The van der Waals surface area contributed by atoms with Crippen molar-refractivity contribution in [1.29, 1.82) is 0 Å². The third kappa shape index (κ3) is 2.23. The minimum atomic E-state index is -0.239. The highest BCUT2D eigenvalue weighted by molar-refractivity contribution is 5.79. The van der Waals surface area contributed by atoms with Gasteiger partial charge in [0.2, 0.25) is 0 Å². The molecule has 0 fully saturated rings. The van der Waals surface area contributed by atoms with Gasteiger partial charge in [-0.1, -0.05) is 45.0 Å². The van der Waals surface area contributed by atoms with Crippen molar-refractivity contribution in [1.82, 2.24) is 0 Å². The number of nitro groups is 1. The largest absolute Gasteiger partial charge is 0.273 e. The van der Waals surface area contributed by atoms with Crippen molar-refractivity contribution < 1.29 is 4.92 Å². The molecule has 0 bridgehead atoms. The first-order valence-corrected chi connectivity index (χ1v) is 7.38. The molecule has 1 atom stereocenters. The van der Waals surface area contributed by atoms with Crippen LogP contribution in [-0.4, -0.2) is 4.92 Å². The molecule has 0 radical (unpaired) electrons. The Bertz CT molecular complexity index is 719. The number of nitrogens with zero attached hydrogens (tertiary/aromatic N) is 1. The zero-order valence-electron chi connectivity index (χ0n) is 12.6. The molecule has 1 aliphatic rings. The lowest BCUT2D eigenvalue weighted by molar-refractivity contribution is -0.385. The Kier molecular flexibility index (Phi) is 3.28. The van der Waals surface area contributed by atoms with Crippen molar-refractivity contribution in [3.63, 3.8) is 0 Å². The summed E-state index contributed by atoms with van der Waals surface area (Å²) in [6.45, 7) is 6.28. The van der Waals surface area contributed by atoms with Crippen molar-refractivity contribution in [2.24, 2.45) is 5.92 Å². The van der Waals surface area contributed by atoms with Crippen molar-refractivity contribution in [3.8, 4) is 11.1 Å². The second-order valence-electron chi connectivity index (χ2n) is 6.19. The highest BCUT2D eigenvalue weighted by atomic mass is 16.6. The Balaban J connectivity index is 2.21. The highest BCUT2D eigenvalue weighted by Gasteiger charge is 2.27. The minimum absolute atomic E-state index is 0.170. The van der Waals surface area contributed by atoms with Crippen LogP contribution in [0.25, 0.3) is 11.1 Å². The smallest absolute Gasteiger partial charge is 0.258 e. The van der Waals surface area contributed by atoms with E-state index >= 15 is 0 Å². The molecule has 0 aliphatic heterocycles. The maximum absolute atomic E-state index is 11.4. The van der Waals surface area contributed by atoms with Crippen LogP contribution in [0.3, 0.4) is 0 Å². The molecule has 0 saturated carbocycles. The molecule has 3 heteroatoms. The molecule has 1 aliphatic carbocycles. The molecule has 3 nitrogen and oxygen atoms in total. The van der Waals surface area contributed by atoms with Gasteiger partial charge >= 0.3 is 0 Å². The third-order valence-corrected chi connectivity index (χ3v) is 4.63. The zero-order valence-corrected chi connectivity index (χ0v) is 12.6. The van der Waals surface area contributed by atoms with Crippen LogP contribution in [0, 0.1) is 16.0 Å². The molecule has 0 aromatic heterocycles. The van der Waals surface area contributed by atoms with Crippen LogP contribution in [0.15, 0.2) is 36.4 Å². The summed E-state index contributed by atoms with van der Waals surface area (Å²) < 4.78 is 0. The van der Waals surface area contributed by atoms with Gasteiger partial charge in [0, 0.05) is 11.6 Å². The average Bonchev–Trinajstić information content (AvgIpc) is 2.82. The fraction of sp³-hybridized carbons (Fsp3) is 0.333. The molecule has 2 aromatic rings.